The first-order valence-corrected chi connectivity index (χ1v) is 5.92. The average Bonchev–Trinajstić information content (AvgIpc) is 2.45. The topological polar surface area (TPSA) is 74.2 Å². The van der Waals surface area contributed by atoms with Crippen LogP contribution in [0.15, 0.2) is 48.8 Å². The minimum Gasteiger partial charge on any atom is -0.465 e. The number of hydrogen-bond acceptors (Lipinski definition) is 3. The number of amides is 1. The molecule has 0 bridgehead atoms. The fourth-order valence-electron chi connectivity index (χ4n) is 1.62. The Labute approximate surface area is 111 Å². The second-order valence-corrected chi connectivity index (χ2v) is 4.07. The highest BCUT2D eigenvalue weighted by atomic mass is 16.4. The van der Waals surface area contributed by atoms with Crippen LogP contribution in [0.3, 0.4) is 0 Å². The van der Waals surface area contributed by atoms with Crippen molar-refractivity contribution in [3.63, 3.8) is 0 Å². The second kappa shape index (κ2) is 6.39. The summed E-state index contributed by atoms with van der Waals surface area (Å²) in [5.74, 6) is 0. The van der Waals surface area contributed by atoms with Gasteiger partial charge in [0.05, 0.1) is 0 Å². The van der Waals surface area contributed by atoms with E-state index in [4.69, 9.17) is 5.11 Å². The Morgan fingerprint density at radius 1 is 1.11 bits per heavy atom. The molecular weight excluding hydrogens is 242 g/mol. The molecule has 5 heteroatoms. The molecule has 1 amide bonds. The van der Waals surface area contributed by atoms with Crippen LogP contribution in [-0.2, 0) is 13.1 Å². The molecule has 0 aliphatic heterocycles. The predicted molar refractivity (Wildman–Crippen MR) is 72.9 cm³/mol. The fourth-order valence-corrected chi connectivity index (χ4v) is 1.62. The zero-order valence-corrected chi connectivity index (χ0v) is 10.3. The van der Waals surface area contributed by atoms with Crippen molar-refractivity contribution in [3.8, 4) is 0 Å². The van der Waals surface area contributed by atoms with Gasteiger partial charge in [-0.2, -0.15) is 0 Å². The van der Waals surface area contributed by atoms with Gasteiger partial charge < -0.3 is 15.7 Å². The second-order valence-electron chi connectivity index (χ2n) is 4.07. The monoisotopic (exact) mass is 257 g/mol. The molecule has 5 nitrogen and oxygen atoms in total. The van der Waals surface area contributed by atoms with Crippen molar-refractivity contribution in [2.75, 3.05) is 5.32 Å². The van der Waals surface area contributed by atoms with Gasteiger partial charge in [0.25, 0.3) is 0 Å². The number of pyridine rings is 1. The highest BCUT2D eigenvalue weighted by Crippen LogP contribution is 2.10. The lowest BCUT2D eigenvalue weighted by Gasteiger charge is -2.07. The molecule has 0 saturated carbocycles. The first-order chi connectivity index (χ1) is 9.24. The summed E-state index contributed by atoms with van der Waals surface area (Å²) in [5, 5.41) is 14.1. The molecule has 0 aliphatic carbocycles. The van der Waals surface area contributed by atoms with E-state index in [2.05, 4.69) is 15.6 Å². The lowest BCUT2D eigenvalue weighted by Crippen LogP contribution is -2.19. The average molecular weight is 257 g/mol. The molecule has 1 heterocycles. The Bertz CT molecular complexity index is 526. The molecule has 0 spiro atoms. The lowest BCUT2D eigenvalue weighted by molar-refractivity contribution is 0.194. The van der Waals surface area contributed by atoms with E-state index in [1.165, 1.54) is 0 Å². The highest BCUT2D eigenvalue weighted by Gasteiger charge is 1.97. The van der Waals surface area contributed by atoms with Crippen molar-refractivity contribution < 1.29 is 9.90 Å². The Morgan fingerprint density at radius 3 is 2.53 bits per heavy atom. The van der Waals surface area contributed by atoms with Gasteiger partial charge >= 0.3 is 6.09 Å². The molecule has 1 aromatic heterocycles. The van der Waals surface area contributed by atoms with Crippen LogP contribution in [0.1, 0.15) is 11.1 Å². The quantitative estimate of drug-likeness (QED) is 0.769. The normalized spacial score (nSPS) is 9.89. The van der Waals surface area contributed by atoms with Gasteiger partial charge in [-0.3, -0.25) is 4.98 Å². The van der Waals surface area contributed by atoms with Crippen LogP contribution >= 0.6 is 0 Å². The van der Waals surface area contributed by atoms with E-state index in [0.29, 0.717) is 13.1 Å². The summed E-state index contributed by atoms with van der Waals surface area (Å²) in [4.78, 5) is 14.4. The maximum atomic E-state index is 10.4. The Hall–Kier alpha value is -2.56. The van der Waals surface area contributed by atoms with Crippen LogP contribution in [0, 0.1) is 0 Å². The molecule has 19 heavy (non-hydrogen) atoms. The van der Waals surface area contributed by atoms with Gasteiger partial charge in [0.15, 0.2) is 0 Å². The third-order valence-electron chi connectivity index (χ3n) is 2.62. The number of nitrogens with zero attached hydrogens (tertiary/aromatic N) is 1. The molecule has 1 aromatic carbocycles. The van der Waals surface area contributed by atoms with Gasteiger partial charge in [-0.05, 0) is 29.3 Å². The minimum absolute atomic E-state index is 0.318. The molecule has 0 saturated heterocycles. The predicted octanol–water partition coefficient (Wildman–Crippen LogP) is 2.46. The van der Waals surface area contributed by atoms with Crippen LogP contribution in [0.5, 0.6) is 0 Å². The molecule has 2 aromatic rings. The number of rotatable bonds is 5. The van der Waals surface area contributed by atoms with Gasteiger partial charge in [0, 0.05) is 31.2 Å². The van der Waals surface area contributed by atoms with Crippen molar-refractivity contribution in [1.29, 1.82) is 0 Å². The van der Waals surface area contributed by atoms with Crippen LogP contribution < -0.4 is 10.6 Å². The number of anilines is 1. The summed E-state index contributed by atoms with van der Waals surface area (Å²) in [6.07, 6.45) is 2.55. The number of nitrogens with one attached hydrogen (secondary N) is 2. The van der Waals surface area contributed by atoms with Crippen LogP contribution in [0.4, 0.5) is 10.5 Å². The Kier molecular flexibility index (Phi) is 4.34. The SMILES string of the molecule is O=C(O)NCc1ccc(NCc2cccnc2)cc1. The molecule has 3 N–H and O–H groups in total. The number of carbonyl (C=O) groups is 1. The summed E-state index contributed by atoms with van der Waals surface area (Å²) in [6, 6.07) is 11.5. The molecule has 0 atom stereocenters. The van der Waals surface area contributed by atoms with E-state index in [-0.39, 0.29) is 0 Å². The summed E-state index contributed by atoms with van der Waals surface area (Å²) in [6.45, 7) is 1.03. The van der Waals surface area contributed by atoms with Gasteiger partial charge in [0.2, 0.25) is 0 Å². The molecule has 0 fully saturated rings. The number of benzene rings is 1. The smallest absolute Gasteiger partial charge is 0.404 e. The van der Waals surface area contributed by atoms with E-state index in [1.807, 2.05) is 42.6 Å². The molecule has 0 unspecified atom stereocenters. The Balaban J connectivity index is 1.86. The van der Waals surface area contributed by atoms with Crippen LogP contribution in [-0.4, -0.2) is 16.2 Å². The summed E-state index contributed by atoms with van der Waals surface area (Å²) in [7, 11) is 0. The van der Waals surface area contributed by atoms with Crippen molar-refractivity contribution in [1.82, 2.24) is 10.3 Å². The number of aromatic nitrogens is 1. The standard InChI is InChI=1S/C14H15N3O2/c18-14(19)17-9-11-3-5-13(6-4-11)16-10-12-2-1-7-15-8-12/h1-8,16-17H,9-10H2,(H,18,19). The zero-order chi connectivity index (χ0) is 13.5. The van der Waals surface area contributed by atoms with E-state index < -0.39 is 6.09 Å². The van der Waals surface area contributed by atoms with Crippen molar-refractivity contribution in [3.05, 3.63) is 59.9 Å². The van der Waals surface area contributed by atoms with E-state index in [0.717, 1.165) is 16.8 Å². The third kappa shape index (κ3) is 4.31. The lowest BCUT2D eigenvalue weighted by atomic mass is 10.2. The molecule has 0 radical (unpaired) electrons. The summed E-state index contributed by atoms with van der Waals surface area (Å²) < 4.78 is 0. The van der Waals surface area contributed by atoms with Gasteiger partial charge in [-0.25, -0.2) is 4.79 Å². The van der Waals surface area contributed by atoms with Crippen LogP contribution in [0.25, 0.3) is 0 Å². The van der Waals surface area contributed by atoms with Gasteiger partial charge in [-0.1, -0.05) is 18.2 Å². The first kappa shape index (κ1) is 12.9. The van der Waals surface area contributed by atoms with Crippen molar-refractivity contribution in [2.45, 2.75) is 13.1 Å². The van der Waals surface area contributed by atoms with Gasteiger partial charge in [-0.15, -0.1) is 0 Å². The highest BCUT2D eigenvalue weighted by molar-refractivity contribution is 5.64. The molecule has 2 rings (SSSR count). The van der Waals surface area contributed by atoms with Crippen molar-refractivity contribution in [2.24, 2.45) is 0 Å². The van der Waals surface area contributed by atoms with Crippen molar-refractivity contribution >= 4 is 11.8 Å². The Morgan fingerprint density at radius 2 is 1.89 bits per heavy atom. The van der Waals surface area contributed by atoms with Gasteiger partial charge in [0.1, 0.15) is 0 Å². The summed E-state index contributed by atoms with van der Waals surface area (Å²) in [5.41, 5.74) is 3.02. The number of carboxylic acid groups (broad SMARTS) is 1. The van der Waals surface area contributed by atoms with E-state index in [9.17, 15) is 4.79 Å². The first-order valence-electron chi connectivity index (χ1n) is 5.92. The van der Waals surface area contributed by atoms with E-state index >= 15 is 0 Å². The largest absolute Gasteiger partial charge is 0.465 e. The maximum absolute atomic E-state index is 10.4. The third-order valence-corrected chi connectivity index (χ3v) is 2.62. The number of hydrogen-bond donors (Lipinski definition) is 3. The fraction of sp³-hybridized carbons (Fsp3) is 0.143. The molecule has 0 aliphatic rings. The molecular formula is C14H15N3O2. The summed E-state index contributed by atoms with van der Waals surface area (Å²) >= 11 is 0. The van der Waals surface area contributed by atoms with Crippen LogP contribution in [0.2, 0.25) is 0 Å². The minimum atomic E-state index is -1.02. The molecule has 98 valence electrons. The van der Waals surface area contributed by atoms with E-state index in [1.54, 1.807) is 6.20 Å². The zero-order valence-electron chi connectivity index (χ0n) is 10.3. The maximum Gasteiger partial charge on any atom is 0.404 e.